The zero-order chi connectivity index (χ0) is 9.56. The quantitative estimate of drug-likeness (QED) is 0.243. The van der Waals surface area contributed by atoms with Crippen LogP contribution in [0.3, 0.4) is 0 Å². The number of alkyl halides is 1. The first-order valence-corrected chi connectivity index (χ1v) is 4.49. The van der Waals surface area contributed by atoms with Crippen molar-refractivity contribution in [2.45, 2.75) is 6.42 Å². The number of hydrogen-bond acceptors (Lipinski definition) is 4. The molecule has 0 aromatic rings. The number of hydrogen-bond donors (Lipinski definition) is 0. The second kappa shape index (κ2) is 6.14. The molecule has 0 aromatic carbocycles. The maximum absolute atomic E-state index is 10.7. The van der Waals surface area contributed by atoms with Crippen LogP contribution >= 0.6 is 27.5 Å². The third kappa shape index (κ3) is 4.46. The Morgan fingerprint density at radius 3 is 2.50 bits per heavy atom. The summed E-state index contributed by atoms with van der Waals surface area (Å²) in [7, 11) is 1.36. The Labute approximate surface area is 83.0 Å². The molecule has 4 nitrogen and oxygen atoms in total. The average molecular weight is 256 g/mol. The lowest BCUT2D eigenvalue weighted by Gasteiger charge is -1.97. The lowest BCUT2D eigenvalue weighted by molar-refractivity contribution is -0.131. The molecular weight excluding hydrogens is 249 g/mol. The Morgan fingerprint density at radius 2 is 2.17 bits per heavy atom. The van der Waals surface area contributed by atoms with Crippen LogP contribution in [0.15, 0.2) is 5.16 Å². The Morgan fingerprint density at radius 1 is 1.58 bits per heavy atom. The summed E-state index contributed by atoms with van der Waals surface area (Å²) in [5, 5.41) is 2.89. The second-order valence-electron chi connectivity index (χ2n) is 1.85. The first-order valence-electron chi connectivity index (χ1n) is 2.99. The first-order chi connectivity index (χ1) is 5.61. The van der Waals surface area contributed by atoms with E-state index in [0.717, 1.165) is 0 Å². The number of ketones is 1. The molecule has 0 saturated carbocycles. The average Bonchev–Trinajstić information content (AvgIpc) is 2.03. The van der Waals surface area contributed by atoms with Crippen LogP contribution in [0.4, 0.5) is 0 Å². The fourth-order valence-electron chi connectivity index (χ4n) is 0.488. The third-order valence-electron chi connectivity index (χ3n) is 0.958. The predicted octanol–water partition coefficient (Wildman–Crippen LogP) is 1.11. The van der Waals surface area contributed by atoms with E-state index in [1.165, 1.54) is 7.11 Å². The third-order valence-corrected chi connectivity index (χ3v) is 1.82. The van der Waals surface area contributed by atoms with Crippen LogP contribution in [0.25, 0.3) is 0 Å². The molecule has 0 aliphatic carbocycles. The van der Waals surface area contributed by atoms with Crippen LogP contribution in [-0.4, -0.2) is 29.2 Å². The molecule has 0 aliphatic heterocycles. The number of nitrogens with zero attached hydrogens (tertiary/aromatic N) is 1. The van der Waals surface area contributed by atoms with Gasteiger partial charge in [-0.1, -0.05) is 21.1 Å². The van der Waals surface area contributed by atoms with E-state index in [0.29, 0.717) is 11.0 Å². The van der Waals surface area contributed by atoms with Crippen molar-refractivity contribution in [3.63, 3.8) is 0 Å². The molecule has 0 N–H and O–H groups in total. The van der Waals surface area contributed by atoms with E-state index in [1.54, 1.807) is 0 Å². The number of Topliss-reactive ketones (excluding diaryl/α,β-unsaturated/α-hetero) is 1. The molecule has 0 radical (unpaired) electrons. The maximum Gasteiger partial charge on any atom is 0.288 e. The summed E-state index contributed by atoms with van der Waals surface area (Å²) in [4.78, 5) is 25.5. The predicted molar refractivity (Wildman–Crippen MR) is 48.7 cm³/mol. The van der Waals surface area contributed by atoms with Gasteiger partial charge in [0.1, 0.15) is 7.11 Å². The summed E-state index contributed by atoms with van der Waals surface area (Å²) in [5.74, 6) is -0.688. The topological polar surface area (TPSA) is 55.7 Å². The molecule has 6 heteroatoms. The lowest BCUT2D eigenvalue weighted by atomic mass is 10.2. The van der Waals surface area contributed by atoms with Crippen LogP contribution in [0.2, 0.25) is 0 Å². The SMILES string of the molecule is CO/N=C(/CBr)CC(=O)C(=O)Cl. The summed E-state index contributed by atoms with van der Waals surface area (Å²) in [6, 6.07) is 0. The summed E-state index contributed by atoms with van der Waals surface area (Å²) in [6.45, 7) is 0. The number of carbonyl (C=O) groups is 2. The molecule has 0 saturated heterocycles. The Kier molecular flexibility index (Phi) is 5.92. The van der Waals surface area contributed by atoms with Gasteiger partial charge >= 0.3 is 0 Å². The van der Waals surface area contributed by atoms with Gasteiger partial charge < -0.3 is 4.84 Å². The Hall–Kier alpha value is -0.420. The molecule has 0 atom stereocenters. The molecule has 0 unspecified atom stereocenters. The fraction of sp³-hybridized carbons (Fsp3) is 0.500. The van der Waals surface area contributed by atoms with Crippen molar-refractivity contribution in [2.75, 3.05) is 12.4 Å². The summed E-state index contributed by atoms with van der Waals surface area (Å²) in [6.07, 6.45) is -0.110. The van der Waals surface area contributed by atoms with Gasteiger partial charge in [-0.3, -0.25) is 9.59 Å². The van der Waals surface area contributed by atoms with Gasteiger partial charge in [0, 0.05) is 5.33 Å². The molecule has 12 heavy (non-hydrogen) atoms. The van der Waals surface area contributed by atoms with E-state index >= 15 is 0 Å². The second-order valence-corrected chi connectivity index (χ2v) is 2.75. The van der Waals surface area contributed by atoms with Gasteiger partial charge in [0.15, 0.2) is 0 Å². The van der Waals surface area contributed by atoms with E-state index in [4.69, 9.17) is 11.6 Å². The van der Waals surface area contributed by atoms with Gasteiger partial charge in [-0.25, -0.2) is 0 Å². The van der Waals surface area contributed by atoms with Crippen molar-refractivity contribution in [1.29, 1.82) is 0 Å². The highest BCUT2D eigenvalue weighted by molar-refractivity contribution is 9.09. The van der Waals surface area contributed by atoms with Gasteiger partial charge in [0.2, 0.25) is 5.78 Å². The Balaban J connectivity index is 4.12. The maximum atomic E-state index is 10.7. The highest BCUT2D eigenvalue weighted by Gasteiger charge is 2.13. The van der Waals surface area contributed by atoms with Crippen LogP contribution < -0.4 is 0 Å². The summed E-state index contributed by atoms with van der Waals surface area (Å²) < 4.78 is 0. The minimum atomic E-state index is -0.986. The van der Waals surface area contributed by atoms with Crippen molar-refractivity contribution < 1.29 is 14.4 Å². The molecule has 68 valence electrons. The van der Waals surface area contributed by atoms with Gasteiger partial charge in [0.05, 0.1) is 12.1 Å². The van der Waals surface area contributed by atoms with Gasteiger partial charge in [-0.15, -0.1) is 0 Å². The molecular formula is C6H7BrClNO3. The van der Waals surface area contributed by atoms with Crippen LogP contribution in [0, 0.1) is 0 Å². The Bertz CT molecular complexity index is 217. The lowest BCUT2D eigenvalue weighted by Crippen LogP contribution is -2.14. The number of oxime groups is 1. The van der Waals surface area contributed by atoms with Gasteiger partial charge in [-0.2, -0.15) is 0 Å². The fourth-order valence-corrected chi connectivity index (χ4v) is 0.855. The van der Waals surface area contributed by atoms with Crippen LogP contribution in [-0.2, 0) is 14.4 Å². The standard InChI is InChI=1S/C6H7BrClNO3/c1-12-9-4(3-7)2-5(10)6(8)11/h2-3H2,1H3/b9-4+. The molecule has 0 aromatic heterocycles. The van der Waals surface area contributed by atoms with E-state index in [9.17, 15) is 9.59 Å². The number of rotatable bonds is 5. The van der Waals surface area contributed by atoms with Crippen molar-refractivity contribution in [3.8, 4) is 0 Å². The van der Waals surface area contributed by atoms with E-state index in [1.807, 2.05) is 0 Å². The van der Waals surface area contributed by atoms with Crippen molar-refractivity contribution >= 4 is 44.3 Å². The summed E-state index contributed by atoms with van der Waals surface area (Å²) in [5.41, 5.74) is 0.427. The smallest absolute Gasteiger partial charge is 0.288 e. The molecule has 0 fully saturated rings. The van der Waals surface area contributed by atoms with Gasteiger partial charge in [0.25, 0.3) is 5.24 Å². The van der Waals surface area contributed by atoms with E-state index < -0.39 is 11.0 Å². The number of halogens is 2. The number of carbonyl (C=O) groups excluding carboxylic acids is 2. The zero-order valence-electron chi connectivity index (χ0n) is 6.34. The molecule has 0 bridgehead atoms. The highest BCUT2D eigenvalue weighted by Crippen LogP contribution is 1.97. The normalized spacial score (nSPS) is 11.1. The van der Waals surface area contributed by atoms with Gasteiger partial charge in [-0.05, 0) is 11.6 Å². The highest BCUT2D eigenvalue weighted by atomic mass is 79.9. The molecule has 0 heterocycles. The largest absolute Gasteiger partial charge is 0.399 e. The first kappa shape index (κ1) is 11.6. The summed E-state index contributed by atoms with van der Waals surface area (Å²) >= 11 is 8.01. The van der Waals surface area contributed by atoms with Crippen molar-refractivity contribution in [1.82, 2.24) is 0 Å². The monoisotopic (exact) mass is 255 g/mol. The van der Waals surface area contributed by atoms with Crippen LogP contribution in [0.5, 0.6) is 0 Å². The van der Waals surface area contributed by atoms with E-state index in [2.05, 4.69) is 25.9 Å². The molecule has 0 rings (SSSR count). The van der Waals surface area contributed by atoms with E-state index in [-0.39, 0.29) is 6.42 Å². The minimum absolute atomic E-state index is 0.110. The zero-order valence-corrected chi connectivity index (χ0v) is 8.68. The van der Waals surface area contributed by atoms with Crippen LogP contribution in [0.1, 0.15) is 6.42 Å². The minimum Gasteiger partial charge on any atom is -0.399 e. The molecule has 0 aliphatic rings. The molecule has 0 spiro atoms. The molecule has 0 amide bonds. The van der Waals surface area contributed by atoms with Crippen molar-refractivity contribution in [2.24, 2.45) is 5.16 Å². The van der Waals surface area contributed by atoms with Crippen molar-refractivity contribution in [3.05, 3.63) is 0 Å².